The highest BCUT2D eigenvalue weighted by molar-refractivity contribution is 6.30. The molecule has 1 amide bonds. The first-order chi connectivity index (χ1) is 6.70. The van der Waals surface area contributed by atoms with Crippen molar-refractivity contribution in [2.45, 2.75) is 12.5 Å². The zero-order valence-corrected chi connectivity index (χ0v) is 8.47. The number of ether oxygens (including phenoxy) is 1. The standard InChI is InChI=1S/C10H10ClNO2/c1-12-10(13)9-5-6-4-7(11)2-3-8(6)14-9/h2-4,9H,5H2,1H3,(H,12,13). The maximum absolute atomic E-state index is 11.3. The minimum atomic E-state index is -0.409. The SMILES string of the molecule is CNC(=O)C1Cc2cc(Cl)ccc2O1. The number of benzene rings is 1. The molecule has 0 bridgehead atoms. The summed E-state index contributed by atoms with van der Waals surface area (Å²) in [5, 5.41) is 3.23. The molecule has 0 saturated heterocycles. The molecule has 3 nitrogen and oxygen atoms in total. The molecule has 4 heteroatoms. The number of amides is 1. The van der Waals surface area contributed by atoms with E-state index in [9.17, 15) is 4.79 Å². The molecule has 0 aliphatic carbocycles. The minimum Gasteiger partial charge on any atom is -0.480 e. The second kappa shape index (κ2) is 3.50. The van der Waals surface area contributed by atoms with E-state index in [-0.39, 0.29) is 5.91 Å². The molecule has 0 fully saturated rings. The third-order valence-corrected chi connectivity index (χ3v) is 2.47. The van der Waals surface area contributed by atoms with Gasteiger partial charge in [-0.3, -0.25) is 4.79 Å². The van der Waals surface area contributed by atoms with Gasteiger partial charge >= 0.3 is 0 Å². The van der Waals surface area contributed by atoms with Gasteiger partial charge in [-0.1, -0.05) is 11.6 Å². The van der Waals surface area contributed by atoms with Gasteiger partial charge in [0.05, 0.1) is 0 Å². The van der Waals surface area contributed by atoms with Crippen molar-refractivity contribution in [2.24, 2.45) is 0 Å². The van der Waals surface area contributed by atoms with E-state index in [0.717, 1.165) is 11.3 Å². The van der Waals surface area contributed by atoms with Crippen LogP contribution in [0.2, 0.25) is 5.02 Å². The van der Waals surface area contributed by atoms with Crippen LogP contribution in [0.1, 0.15) is 5.56 Å². The second-order valence-electron chi connectivity index (χ2n) is 3.18. The van der Waals surface area contributed by atoms with E-state index in [1.807, 2.05) is 6.07 Å². The van der Waals surface area contributed by atoms with Crippen LogP contribution in [0, 0.1) is 0 Å². The largest absolute Gasteiger partial charge is 0.480 e. The number of halogens is 1. The van der Waals surface area contributed by atoms with Crippen molar-refractivity contribution < 1.29 is 9.53 Å². The molecule has 2 rings (SSSR count). The van der Waals surface area contributed by atoms with Gasteiger partial charge in [-0.15, -0.1) is 0 Å². The van der Waals surface area contributed by atoms with Crippen molar-refractivity contribution in [2.75, 3.05) is 7.05 Å². The molecular weight excluding hydrogens is 202 g/mol. The molecule has 1 aromatic carbocycles. The van der Waals surface area contributed by atoms with Gasteiger partial charge in [0.1, 0.15) is 5.75 Å². The Hall–Kier alpha value is -1.22. The number of rotatable bonds is 1. The topological polar surface area (TPSA) is 38.3 Å². The van der Waals surface area contributed by atoms with Crippen LogP contribution in [-0.2, 0) is 11.2 Å². The number of carbonyl (C=O) groups is 1. The van der Waals surface area contributed by atoms with Crippen LogP contribution in [0.5, 0.6) is 5.75 Å². The highest BCUT2D eigenvalue weighted by Gasteiger charge is 2.28. The van der Waals surface area contributed by atoms with Crippen molar-refractivity contribution in [1.82, 2.24) is 5.32 Å². The van der Waals surface area contributed by atoms with Crippen LogP contribution >= 0.6 is 11.6 Å². The Kier molecular flexibility index (Phi) is 2.33. The van der Waals surface area contributed by atoms with E-state index in [2.05, 4.69) is 5.32 Å². The van der Waals surface area contributed by atoms with E-state index in [1.165, 1.54) is 0 Å². The highest BCUT2D eigenvalue weighted by atomic mass is 35.5. The third-order valence-electron chi connectivity index (χ3n) is 2.24. The molecular formula is C10H10ClNO2. The van der Waals surface area contributed by atoms with E-state index in [1.54, 1.807) is 19.2 Å². The molecule has 0 saturated carbocycles. The Morgan fingerprint density at radius 2 is 2.43 bits per heavy atom. The average molecular weight is 212 g/mol. The summed E-state index contributed by atoms with van der Waals surface area (Å²) in [6, 6.07) is 5.38. The zero-order chi connectivity index (χ0) is 10.1. The van der Waals surface area contributed by atoms with Gasteiger partial charge in [0.15, 0.2) is 6.10 Å². The van der Waals surface area contributed by atoms with Crippen LogP contribution < -0.4 is 10.1 Å². The summed E-state index contributed by atoms with van der Waals surface area (Å²) < 4.78 is 5.44. The first kappa shape index (κ1) is 9.34. The Labute approximate surface area is 87.0 Å². The van der Waals surface area contributed by atoms with Gasteiger partial charge in [0.2, 0.25) is 0 Å². The van der Waals surface area contributed by atoms with Gasteiger partial charge in [0, 0.05) is 18.5 Å². The summed E-state index contributed by atoms with van der Waals surface area (Å²) in [7, 11) is 1.60. The van der Waals surface area contributed by atoms with Crippen molar-refractivity contribution in [1.29, 1.82) is 0 Å². The predicted octanol–water partition coefficient (Wildman–Crippen LogP) is 1.39. The summed E-state index contributed by atoms with van der Waals surface area (Å²) >= 11 is 5.83. The Balaban J connectivity index is 2.22. The summed E-state index contributed by atoms with van der Waals surface area (Å²) in [4.78, 5) is 11.3. The summed E-state index contributed by atoms with van der Waals surface area (Å²) in [6.45, 7) is 0. The lowest BCUT2D eigenvalue weighted by Crippen LogP contribution is -2.34. The summed E-state index contributed by atoms with van der Waals surface area (Å²) in [5.41, 5.74) is 0.992. The maximum atomic E-state index is 11.3. The quantitative estimate of drug-likeness (QED) is 0.763. The average Bonchev–Trinajstić information content (AvgIpc) is 2.59. The predicted molar refractivity (Wildman–Crippen MR) is 53.6 cm³/mol. The Morgan fingerprint density at radius 1 is 1.64 bits per heavy atom. The molecule has 0 spiro atoms. The fourth-order valence-electron chi connectivity index (χ4n) is 1.52. The molecule has 74 valence electrons. The summed E-state index contributed by atoms with van der Waals surface area (Å²) in [5.74, 6) is 0.653. The van der Waals surface area contributed by atoms with Crippen LogP contribution in [0.4, 0.5) is 0 Å². The smallest absolute Gasteiger partial charge is 0.261 e. The number of likely N-dealkylation sites (N-methyl/N-ethyl adjacent to an activating group) is 1. The molecule has 14 heavy (non-hydrogen) atoms. The van der Waals surface area contributed by atoms with Crippen LogP contribution in [0.25, 0.3) is 0 Å². The number of carbonyl (C=O) groups excluding carboxylic acids is 1. The molecule has 1 aliphatic heterocycles. The van der Waals surface area contributed by atoms with Crippen molar-refractivity contribution >= 4 is 17.5 Å². The van der Waals surface area contributed by atoms with Crippen molar-refractivity contribution in [3.8, 4) is 5.75 Å². The molecule has 1 N–H and O–H groups in total. The first-order valence-corrected chi connectivity index (χ1v) is 4.75. The number of nitrogens with one attached hydrogen (secondary N) is 1. The van der Waals surface area contributed by atoms with E-state index in [0.29, 0.717) is 11.4 Å². The van der Waals surface area contributed by atoms with E-state index >= 15 is 0 Å². The molecule has 1 aromatic rings. The summed E-state index contributed by atoms with van der Waals surface area (Å²) in [6.07, 6.45) is 0.184. The highest BCUT2D eigenvalue weighted by Crippen LogP contribution is 2.30. The molecule has 1 atom stereocenters. The number of hydrogen-bond donors (Lipinski definition) is 1. The normalized spacial score (nSPS) is 18.6. The van der Waals surface area contributed by atoms with Gasteiger partial charge < -0.3 is 10.1 Å². The monoisotopic (exact) mass is 211 g/mol. The lowest BCUT2D eigenvalue weighted by atomic mass is 10.1. The second-order valence-corrected chi connectivity index (χ2v) is 3.61. The fourth-order valence-corrected chi connectivity index (χ4v) is 1.72. The van der Waals surface area contributed by atoms with Crippen LogP contribution in [-0.4, -0.2) is 19.1 Å². The third kappa shape index (κ3) is 1.55. The van der Waals surface area contributed by atoms with Gasteiger partial charge in [0.25, 0.3) is 5.91 Å². The van der Waals surface area contributed by atoms with Crippen molar-refractivity contribution in [3.05, 3.63) is 28.8 Å². The van der Waals surface area contributed by atoms with Gasteiger partial charge in [-0.2, -0.15) is 0 Å². The minimum absolute atomic E-state index is 0.0997. The first-order valence-electron chi connectivity index (χ1n) is 4.37. The Morgan fingerprint density at radius 3 is 3.14 bits per heavy atom. The molecule has 0 radical (unpaired) electrons. The van der Waals surface area contributed by atoms with E-state index < -0.39 is 6.10 Å². The maximum Gasteiger partial charge on any atom is 0.261 e. The number of hydrogen-bond acceptors (Lipinski definition) is 2. The van der Waals surface area contributed by atoms with Crippen molar-refractivity contribution in [3.63, 3.8) is 0 Å². The Bertz CT molecular complexity index is 378. The molecule has 0 aromatic heterocycles. The molecule has 1 unspecified atom stereocenters. The lowest BCUT2D eigenvalue weighted by Gasteiger charge is -2.07. The fraction of sp³-hybridized carbons (Fsp3) is 0.300. The van der Waals surface area contributed by atoms with Crippen LogP contribution in [0.3, 0.4) is 0 Å². The molecule has 1 heterocycles. The molecule has 1 aliphatic rings. The lowest BCUT2D eigenvalue weighted by molar-refractivity contribution is -0.126. The zero-order valence-electron chi connectivity index (χ0n) is 7.71. The van der Waals surface area contributed by atoms with Gasteiger partial charge in [-0.05, 0) is 23.8 Å². The van der Waals surface area contributed by atoms with Crippen LogP contribution in [0.15, 0.2) is 18.2 Å². The number of fused-ring (bicyclic) bond motifs is 1. The van der Waals surface area contributed by atoms with Gasteiger partial charge in [-0.25, -0.2) is 0 Å². The van der Waals surface area contributed by atoms with E-state index in [4.69, 9.17) is 16.3 Å².